The number of likely N-dealkylation sites (tertiary alicyclic amines) is 1. The second-order valence-electron chi connectivity index (χ2n) is 4.96. The molecule has 1 saturated heterocycles. The predicted molar refractivity (Wildman–Crippen MR) is 76.7 cm³/mol. The highest BCUT2D eigenvalue weighted by Crippen LogP contribution is 2.33. The van der Waals surface area contributed by atoms with Crippen LogP contribution >= 0.6 is 11.3 Å². The lowest BCUT2D eigenvalue weighted by molar-refractivity contribution is -0.142. The van der Waals surface area contributed by atoms with Crippen LogP contribution in [0.5, 0.6) is 0 Å². The third-order valence-corrected chi connectivity index (χ3v) is 4.89. The van der Waals surface area contributed by atoms with Gasteiger partial charge in [-0.25, -0.2) is 0 Å². The van der Waals surface area contributed by atoms with Crippen molar-refractivity contribution in [1.82, 2.24) is 4.90 Å². The second kappa shape index (κ2) is 6.17. The molecular weight excluding hydrogens is 276 g/mol. The Morgan fingerprint density at radius 2 is 2.35 bits per heavy atom. The number of piperidine rings is 1. The topological polar surface area (TPSA) is 80.5 Å². The summed E-state index contributed by atoms with van der Waals surface area (Å²) in [7, 11) is 0. The van der Waals surface area contributed by atoms with Gasteiger partial charge in [-0.15, -0.1) is 11.3 Å². The van der Waals surface area contributed by atoms with Gasteiger partial charge in [-0.1, -0.05) is 6.92 Å². The summed E-state index contributed by atoms with van der Waals surface area (Å²) < 4.78 is 0. The molecule has 1 aromatic heterocycles. The van der Waals surface area contributed by atoms with E-state index in [1.165, 1.54) is 11.3 Å². The molecule has 2 unspecified atom stereocenters. The molecule has 0 bridgehead atoms. The number of carbonyl (C=O) groups is 3. The Hall–Kier alpha value is -1.69. The van der Waals surface area contributed by atoms with Crippen LogP contribution in [-0.2, 0) is 9.59 Å². The van der Waals surface area contributed by atoms with Crippen molar-refractivity contribution < 1.29 is 14.4 Å². The maximum Gasteiger partial charge on any atom is 0.240 e. The highest BCUT2D eigenvalue weighted by Gasteiger charge is 2.33. The summed E-state index contributed by atoms with van der Waals surface area (Å²) in [6.07, 6.45) is 2.54. The molecule has 1 aliphatic rings. The van der Waals surface area contributed by atoms with Crippen molar-refractivity contribution in [3.05, 3.63) is 21.9 Å². The first-order valence-electron chi connectivity index (χ1n) is 6.70. The van der Waals surface area contributed by atoms with Gasteiger partial charge < -0.3 is 10.6 Å². The summed E-state index contributed by atoms with van der Waals surface area (Å²) >= 11 is 1.43. The molecule has 1 fully saturated rings. The zero-order valence-electron chi connectivity index (χ0n) is 11.4. The van der Waals surface area contributed by atoms with Crippen LogP contribution in [0.15, 0.2) is 12.1 Å². The molecular formula is C14H18N2O3S. The second-order valence-corrected chi connectivity index (χ2v) is 6.11. The first kappa shape index (κ1) is 14.7. The number of rotatable bonds is 5. The number of primary amides is 1. The van der Waals surface area contributed by atoms with E-state index < -0.39 is 11.9 Å². The summed E-state index contributed by atoms with van der Waals surface area (Å²) in [6.45, 7) is 2.39. The van der Waals surface area contributed by atoms with Gasteiger partial charge in [0.15, 0.2) is 6.29 Å². The number of amides is 2. The minimum Gasteiger partial charge on any atom is -0.368 e. The van der Waals surface area contributed by atoms with Gasteiger partial charge in [-0.05, 0) is 25.0 Å². The fourth-order valence-corrected chi connectivity index (χ4v) is 3.61. The zero-order valence-corrected chi connectivity index (χ0v) is 12.2. The van der Waals surface area contributed by atoms with Crippen LogP contribution in [0.2, 0.25) is 0 Å². The average molecular weight is 294 g/mol. The number of nitrogens with two attached hydrogens (primary N) is 1. The Kier molecular flexibility index (Phi) is 4.54. The number of carbonyl (C=O) groups excluding carboxylic acids is 3. The summed E-state index contributed by atoms with van der Waals surface area (Å²) in [6, 6.07) is 3.19. The molecule has 2 heterocycles. The molecule has 6 heteroatoms. The standard InChI is InChI=1S/C14H18N2O3S/c1-2-11(14(15)19)16-6-5-9(7-13(16)18)12-4-3-10(8-17)20-12/h3-4,8-9,11H,2,5-7H2,1H3,(H2,15,19). The number of thiophene rings is 1. The maximum absolute atomic E-state index is 12.2. The van der Waals surface area contributed by atoms with E-state index in [4.69, 9.17) is 5.73 Å². The lowest BCUT2D eigenvalue weighted by Gasteiger charge is -2.35. The van der Waals surface area contributed by atoms with Crippen LogP contribution in [0.25, 0.3) is 0 Å². The number of hydrogen-bond donors (Lipinski definition) is 1. The van der Waals surface area contributed by atoms with E-state index in [9.17, 15) is 14.4 Å². The van der Waals surface area contributed by atoms with E-state index in [1.807, 2.05) is 13.0 Å². The first-order chi connectivity index (χ1) is 9.56. The molecule has 1 aliphatic heterocycles. The van der Waals surface area contributed by atoms with Gasteiger partial charge in [0, 0.05) is 23.8 Å². The maximum atomic E-state index is 12.2. The Bertz CT molecular complexity index is 526. The molecule has 0 aromatic carbocycles. The fourth-order valence-electron chi connectivity index (χ4n) is 2.65. The summed E-state index contributed by atoms with van der Waals surface area (Å²) in [5.74, 6) is -0.338. The van der Waals surface area contributed by atoms with E-state index in [0.717, 1.165) is 17.6 Å². The van der Waals surface area contributed by atoms with Crippen LogP contribution in [0.3, 0.4) is 0 Å². The Morgan fingerprint density at radius 3 is 2.85 bits per heavy atom. The average Bonchev–Trinajstić information content (AvgIpc) is 2.89. The molecule has 0 saturated carbocycles. The third-order valence-electron chi connectivity index (χ3n) is 3.72. The summed E-state index contributed by atoms with van der Waals surface area (Å²) in [5.41, 5.74) is 5.34. The highest BCUT2D eigenvalue weighted by atomic mass is 32.1. The van der Waals surface area contributed by atoms with Crippen molar-refractivity contribution in [2.24, 2.45) is 5.73 Å². The molecule has 0 spiro atoms. The molecule has 20 heavy (non-hydrogen) atoms. The quantitative estimate of drug-likeness (QED) is 0.836. The van der Waals surface area contributed by atoms with Gasteiger partial charge in [0.25, 0.3) is 0 Å². The molecule has 0 aliphatic carbocycles. The Morgan fingerprint density at radius 1 is 1.60 bits per heavy atom. The lowest BCUT2D eigenvalue weighted by Crippen LogP contribution is -2.50. The molecule has 2 atom stereocenters. The van der Waals surface area contributed by atoms with Crippen LogP contribution in [0.4, 0.5) is 0 Å². The van der Waals surface area contributed by atoms with Gasteiger partial charge in [0.2, 0.25) is 11.8 Å². The first-order valence-corrected chi connectivity index (χ1v) is 7.52. The summed E-state index contributed by atoms with van der Waals surface area (Å²) in [5, 5.41) is 0. The predicted octanol–water partition coefficient (Wildman–Crippen LogP) is 1.53. The molecule has 1 aromatic rings. The molecule has 108 valence electrons. The van der Waals surface area contributed by atoms with Gasteiger partial charge in [0.05, 0.1) is 4.88 Å². The van der Waals surface area contributed by atoms with Gasteiger partial charge in [-0.2, -0.15) is 0 Å². The molecule has 5 nitrogen and oxygen atoms in total. The van der Waals surface area contributed by atoms with Gasteiger partial charge in [-0.3, -0.25) is 14.4 Å². The largest absolute Gasteiger partial charge is 0.368 e. The van der Waals surface area contributed by atoms with Crippen molar-refractivity contribution in [3.8, 4) is 0 Å². The zero-order chi connectivity index (χ0) is 14.7. The minimum atomic E-state index is -0.502. The highest BCUT2D eigenvalue weighted by molar-refractivity contribution is 7.13. The van der Waals surface area contributed by atoms with E-state index in [-0.39, 0.29) is 11.8 Å². The molecule has 0 radical (unpaired) electrons. The van der Waals surface area contributed by atoms with Crippen molar-refractivity contribution in [2.45, 2.75) is 38.1 Å². The van der Waals surface area contributed by atoms with E-state index >= 15 is 0 Å². The van der Waals surface area contributed by atoms with E-state index in [0.29, 0.717) is 24.3 Å². The van der Waals surface area contributed by atoms with Crippen molar-refractivity contribution in [2.75, 3.05) is 6.54 Å². The van der Waals surface area contributed by atoms with Crippen LogP contribution in [0.1, 0.15) is 46.7 Å². The van der Waals surface area contributed by atoms with Crippen LogP contribution in [-0.4, -0.2) is 35.6 Å². The minimum absolute atomic E-state index is 0.0343. The van der Waals surface area contributed by atoms with Gasteiger partial charge >= 0.3 is 0 Å². The van der Waals surface area contributed by atoms with E-state index in [1.54, 1.807) is 11.0 Å². The lowest BCUT2D eigenvalue weighted by atomic mass is 9.93. The van der Waals surface area contributed by atoms with Crippen LogP contribution in [0, 0.1) is 0 Å². The SMILES string of the molecule is CCC(C(N)=O)N1CCC(c2ccc(C=O)s2)CC1=O. The smallest absolute Gasteiger partial charge is 0.240 e. The van der Waals surface area contributed by atoms with Crippen LogP contribution < -0.4 is 5.73 Å². The third kappa shape index (κ3) is 2.90. The molecule has 2 amide bonds. The fraction of sp³-hybridized carbons (Fsp3) is 0.500. The monoisotopic (exact) mass is 294 g/mol. The Balaban J connectivity index is 2.07. The molecule has 2 N–H and O–H groups in total. The Labute approximate surface area is 121 Å². The number of hydrogen-bond acceptors (Lipinski definition) is 4. The number of nitrogens with zero attached hydrogens (tertiary/aromatic N) is 1. The van der Waals surface area contributed by atoms with Gasteiger partial charge in [0.1, 0.15) is 6.04 Å². The van der Waals surface area contributed by atoms with Crippen molar-refractivity contribution in [3.63, 3.8) is 0 Å². The van der Waals surface area contributed by atoms with E-state index in [2.05, 4.69) is 0 Å². The van der Waals surface area contributed by atoms with Crippen molar-refractivity contribution in [1.29, 1.82) is 0 Å². The molecule has 2 rings (SSSR count). The summed E-state index contributed by atoms with van der Waals surface area (Å²) in [4.78, 5) is 37.6. The normalized spacial score (nSPS) is 20.8. The number of aldehydes is 1. The van der Waals surface area contributed by atoms with Crippen molar-refractivity contribution >= 4 is 29.4 Å².